The third-order valence-corrected chi connectivity index (χ3v) is 1.85. The Kier molecular flexibility index (Phi) is 0.990. The van der Waals surface area contributed by atoms with Crippen LogP contribution in [0, 0.1) is 4.77 Å². The van der Waals surface area contributed by atoms with E-state index in [2.05, 4.69) is 9.97 Å². The average molecular weight is 140 g/mol. The van der Waals surface area contributed by atoms with Gasteiger partial charge in [0.2, 0.25) is 0 Å². The van der Waals surface area contributed by atoms with E-state index >= 15 is 0 Å². The maximum atomic E-state index is 4.87. The second kappa shape index (κ2) is 1.70. The number of nitrogens with one attached hydrogen (secondary N) is 2. The second-order valence-corrected chi connectivity index (χ2v) is 2.88. The minimum Gasteiger partial charge on any atom is -0.337 e. The Morgan fingerprint density at radius 3 is 2.78 bits per heavy atom. The Morgan fingerprint density at radius 2 is 2.33 bits per heavy atom. The van der Waals surface area contributed by atoms with Crippen LogP contribution in [0.4, 0.5) is 0 Å². The number of aromatic amines is 2. The number of aromatic nitrogens is 2. The maximum absolute atomic E-state index is 4.87. The molecule has 3 heteroatoms. The van der Waals surface area contributed by atoms with Crippen molar-refractivity contribution in [2.24, 2.45) is 0 Å². The first-order valence-electron chi connectivity index (χ1n) is 3.14. The molecule has 0 unspecified atom stereocenters. The van der Waals surface area contributed by atoms with Gasteiger partial charge >= 0.3 is 0 Å². The monoisotopic (exact) mass is 140 g/mol. The van der Waals surface area contributed by atoms with Gasteiger partial charge in [-0.25, -0.2) is 0 Å². The van der Waals surface area contributed by atoms with E-state index in [0.717, 1.165) is 10.7 Å². The molecule has 1 aromatic rings. The lowest BCUT2D eigenvalue weighted by Crippen LogP contribution is -1.74. The van der Waals surface area contributed by atoms with Crippen LogP contribution in [0.25, 0.3) is 0 Å². The summed E-state index contributed by atoms with van der Waals surface area (Å²) in [7, 11) is 0. The fourth-order valence-electron chi connectivity index (χ4n) is 0.961. The standard InChI is InChI=1S/C6H8N2S/c9-6-7-3-5(8-6)4-1-2-4/h3-4H,1-2H2,(H2,7,8,9). The molecule has 0 saturated heterocycles. The molecule has 0 atom stereocenters. The summed E-state index contributed by atoms with van der Waals surface area (Å²) < 4.78 is 0.747. The molecule has 0 radical (unpaired) electrons. The van der Waals surface area contributed by atoms with E-state index in [0.29, 0.717) is 0 Å². The van der Waals surface area contributed by atoms with Crippen molar-refractivity contribution in [1.29, 1.82) is 0 Å². The molecule has 2 rings (SSSR count). The van der Waals surface area contributed by atoms with Crippen LogP contribution in [-0.2, 0) is 0 Å². The lowest BCUT2D eigenvalue weighted by Gasteiger charge is -1.83. The first-order chi connectivity index (χ1) is 4.36. The minimum absolute atomic E-state index is 0.747. The summed E-state index contributed by atoms with van der Waals surface area (Å²) in [6.45, 7) is 0. The summed E-state index contributed by atoms with van der Waals surface area (Å²) in [5.74, 6) is 0.776. The predicted molar refractivity (Wildman–Crippen MR) is 38.0 cm³/mol. The van der Waals surface area contributed by atoms with Crippen molar-refractivity contribution < 1.29 is 0 Å². The molecule has 1 aliphatic carbocycles. The first-order valence-corrected chi connectivity index (χ1v) is 3.54. The fourth-order valence-corrected chi connectivity index (χ4v) is 1.14. The molecule has 0 spiro atoms. The van der Waals surface area contributed by atoms with Crippen LogP contribution in [-0.4, -0.2) is 9.97 Å². The SMILES string of the molecule is S=c1[nH]cc(C2CC2)[nH]1. The molecule has 1 saturated carbocycles. The Labute approximate surface area is 58.3 Å². The van der Waals surface area contributed by atoms with Crippen molar-refractivity contribution in [2.75, 3.05) is 0 Å². The van der Waals surface area contributed by atoms with Gasteiger partial charge in [-0.3, -0.25) is 0 Å². The quantitative estimate of drug-likeness (QED) is 0.574. The van der Waals surface area contributed by atoms with E-state index in [1.54, 1.807) is 0 Å². The summed E-state index contributed by atoms with van der Waals surface area (Å²) >= 11 is 4.87. The highest BCUT2D eigenvalue weighted by molar-refractivity contribution is 7.71. The number of H-pyrrole nitrogens is 2. The highest BCUT2D eigenvalue weighted by atomic mass is 32.1. The van der Waals surface area contributed by atoms with Gasteiger partial charge in [0.15, 0.2) is 4.77 Å². The lowest BCUT2D eigenvalue weighted by atomic mass is 10.3. The van der Waals surface area contributed by atoms with Crippen LogP contribution >= 0.6 is 12.2 Å². The summed E-state index contributed by atoms with van der Waals surface area (Å²) in [5, 5.41) is 0. The third-order valence-electron chi connectivity index (χ3n) is 1.63. The predicted octanol–water partition coefficient (Wildman–Crippen LogP) is 1.95. The molecule has 0 aromatic carbocycles. The van der Waals surface area contributed by atoms with Crippen molar-refractivity contribution in [3.05, 3.63) is 16.7 Å². The van der Waals surface area contributed by atoms with E-state index in [-0.39, 0.29) is 0 Å². The summed E-state index contributed by atoms with van der Waals surface area (Å²) in [6.07, 6.45) is 4.62. The normalized spacial score (nSPS) is 18.2. The van der Waals surface area contributed by atoms with Crippen molar-refractivity contribution in [3.63, 3.8) is 0 Å². The van der Waals surface area contributed by atoms with Gasteiger partial charge in [0.25, 0.3) is 0 Å². The fraction of sp³-hybridized carbons (Fsp3) is 0.500. The summed E-state index contributed by atoms with van der Waals surface area (Å²) in [6, 6.07) is 0. The van der Waals surface area contributed by atoms with Crippen LogP contribution in [0.2, 0.25) is 0 Å². The minimum atomic E-state index is 0.747. The Balaban J connectivity index is 2.38. The lowest BCUT2D eigenvalue weighted by molar-refractivity contribution is 1.05. The molecule has 1 heterocycles. The molecule has 0 aliphatic heterocycles. The van der Waals surface area contributed by atoms with E-state index in [1.807, 2.05) is 6.20 Å². The smallest absolute Gasteiger partial charge is 0.174 e. The van der Waals surface area contributed by atoms with Gasteiger partial charge in [-0.2, -0.15) is 0 Å². The van der Waals surface area contributed by atoms with E-state index < -0.39 is 0 Å². The number of imidazole rings is 1. The zero-order valence-corrected chi connectivity index (χ0v) is 5.79. The zero-order chi connectivity index (χ0) is 6.27. The van der Waals surface area contributed by atoms with E-state index in [4.69, 9.17) is 12.2 Å². The molecule has 2 N–H and O–H groups in total. The van der Waals surface area contributed by atoms with Crippen molar-refractivity contribution >= 4 is 12.2 Å². The van der Waals surface area contributed by atoms with Gasteiger partial charge in [0.1, 0.15) is 0 Å². The van der Waals surface area contributed by atoms with Gasteiger partial charge in [-0.15, -0.1) is 0 Å². The Morgan fingerprint density at radius 1 is 1.56 bits per heavy atom. The third kappa shape index (κ3) is 0.920. The number of rotatable bonds is 1. The van der Waals surface area contributed by atoms with Gasteiger partial charge < -0.3 is 9.97 Å². The Bertz CT molecular complexity index is 256. The van der Waals surface area contributed by atoms with Gasteiger partial charge in [0, 0.05) is 17.8 Å². The number of hydrogen-bond donors (Lipinski definition) is 2. The van der Waals surface area contributed by atoms with Crippen LogP contribution in [0.3, 0.4) is 0 Å². The van der Waals surface area contributed by atoms with Crippen LogP contribution in [0.15, 0.2) is 6.20 Å². The molecular weight excluding hydrogens is 132 g/mol. The number of hydrogen-bond acceptors (Lipinski definition) is 1. The first kappa shape index (κ1) is 5.23. The highest BCUT2D eigenvalue weighted by Gasteiger charge is 2.24. The highest BCUT2D eigenvalue weighted by Crippen LogP contribution is 2.38. The van der Waals surface area contributed by atoms with Gasteiger partial charge in [0.05, 0.1) is 0 Å². The zero-order valence-electron chi connectivity index (χ0n) is 4.98. The molecule has 48 valence electrons. The molecule has 1 aromatic heterocycles. The molecule has 1 aliphatic rings. The molecule has 2 nitrogen and oxygen atoms in total. The molecule has 0 bridgehead atoms. The second-order valence-electron chi connectivity index (χ2n) is 2.47. The largest absolute Gasteiger partial charge is 0.337 e. The van der Waals surface area contributed by atoms with Gasteiger partial charge in [-0.05, 0) is 25.1 Å². The Hall–Kier alpha value is -0.570. The summed E-state index contributed by atoms with van der Waals surface area (Å²) in [4.78, 5) is 6.05. The molecule has 9 heavy (non-hydrogen) atoms. The molecule has 0 amide bonds. The summed E-state index contributed by atoms with van der Waals surface area (Å²) in [5.41, 5.74) is 1.28. The van der Waals surface area contributed by atoms with Gasteiger partial charge in [-0.1, -0.05) is 0 Å². The maximum Gasteiger partial charge on any atom is 0.174 e. The molecule has 1 fully saturated rings. The van der Waals surface area contributed by atoms with Crippen molar-refractivity contribution in [3.8, 4) is 0 Å². The van der Waals surface area contributed by atoms with Crippen LogP contribution in [0.5, 0.6) is 0 Å². The van der Waals surface area contributed by atoms with E-state index in [9.17, 15) is 0 Å². The average Bonchev–Trinajstić information content (AvgIpc) is 2.58. The van der Waals surface area contributed by atoms with E-state index in [1.165, 1.54) is 18.5 Å². The topological polar surface area (TPSA) is 31.6 Å². The molecular formula is C6H8N2S. The van der Waals surface area contributed by atoms with Crippen molar-refractivity contribution in [1.82, 2.24) is 9.97 Å². The van der Waals surface area contributed by atoms with Crippen LogP contribution < -0.4 is 0 Å². The van der Waals surface area contributed by atoms with Crippen molar-refractivity contribution in [2.45, 2.75) is 18.8 Å². The van der Waals surface area contributed by atoms with Crippen LogP contribution in [0.1, 0.15) is 24.5 Å².